The second-order valence-electron chi connectivity index (χ2n) is 4.12. The summed E-state index contributed by atoms with van der Waals surface area (Å²) in [6, 6.07) is 4.79. The van der Waals surface area contributed by atoms with Crippen LogP contribution in [0, 0.1) is 10.1 Å². The van der Waals surface area contributed by atoms with Gasteiger partial charge in [0.05, 0.1) is 11.5 Å². The summed E-state index contributed by atoms with van der Waals surface area (Å²) in [5, 5.41) is 11.1. The Labute approximate surface area is 126 Å². The predicted octanol–water partition coefficient (Wildman–Crippen LogP) is 3.14. The van der Waals surface area contributed by atoms with Crippen molar-refractivity contribution in [3.8, 4) is 0 Å². The zero-order valence-electron chi connectivity index (χ0n) is 11.5. The van der Waals surface area contributed by atoms with Crippen LogP contribution < -0.4 is 4.90 Å². The molecule has 6 nitrogen and oxygen atoms in total. The van der Waals surface area contributed by atoms with Gasteiger partial charge in [0.2, 0.25) is 0 Å². The Morgan fingerprint density at radius 3 is 2.70 bits per heavy atom. The van der Waals surface area contributed by atoms with E-state index in [2.05, 4.69) is 15.9 Å². The lowest BCUT2D eigenvalue weighted by Gasteiger charge is -2.23. The summed E-state index contributed by atoms with van der Waals surface area (Å²) in [5.74, 6) is -0.391. The van der Waals surface area contributed by atoms with E-state index in [0.717, 1.165) is 6.42 Å². The molecule has 7 heteroatoms. The Hall–Kier alpha value is -1.63. The number of anilines is 1. The van der Waals surface area contributed by atoms with Crippen LogP contribution in [-0.4, -0.2) is 30.6 Å². The van der Waals surface area contributed by atoms with E-state index in [1.165, 1.54) is 6.07 Å². The largest absolute Gasteiger partial charge is 0.465 e. The molecule has 1 rings (SSSR count). The molecule has 110 valence electrons. The van der Waals surface area contributed by atoms with Gasteiger partial charge in [0.25, 0.3) is 5.69 Å². The lowest BCUT2D eigenvalue weighted by atomic mass is 10.2. The Morgan fingerprint density at radius 1 is 1.45 bits per heavy atom. The third-order valence-corrected chi connectivity index (χ3v) is 3.09. The maximum atomic E-state index is 11.6. The first-order valence-corrected chi connectivity index (χ1v) is 7.13. The topological polar surface area (TPSA) is 72.7 Å². The molecule has 0 aromatic heterocycles. The van der Waals surface area contributed by atoms with Crippen molar-refractivity contribution in [2.45, 2.75) is 20.3 Å². The number of nitro benzene ring substituents is 1. The molecule has 0 aliphatic carbocycles. The minimum Gasteiger partial charge on any atom is -0.465 e. The van der Waals surface area contributed by atoms with Gasteiger partial charge in [-0.05, 0) is 25.5 Å². The van der Waals surface area contributed by atoms with E-state index in [1.807, 2.05) is 6.92 Å². The first-order valence-electron chi connectivity index (χ1n) is 6.34. The second-order valence-corrected chi connectivity index (χ2v) is 5.03. The zero-order valence-corrected chi connectivity index (χ0v) is 13.1. The molecule has 0 heterocycles. The van der Waals surface area contributed by atoms with E-state index in [1.54, 1.807) is 24.0 Å². The number of carbonyl (C=O) groups excluding carboxylic acids is 1. The average molecular weight is 345 g/mol. The fourth-order valence-electron chi connectivity index (χ4n) is 1.83. The minimum absolute atomic E-state index is 0.00412. The van der Waals surface area contributed by atoms with Crippen LogP contribution in [-0.2, 0) is 9.53 Å². The smallest absolute Gasteiger partial charge is 0.325 e. The SMILES string of the molecule is CCCN(CC(=O)OCC)c1ccc(Br)cc1[N+](=O)[O-]. The van der Waals surface area contributed by atoms with E-state index in [9.17, 15) is 14.9 Å². The Bertz CT molecular complexity index is 493. The number of halogens is 1. The molecular formula is C13H17BrN2O4. The molecule has 0 saturated carbocycles. The number of benzene rings is 1. The minimum atomic E-state index is -0.450. The molecule has 0 fully saturated rings. The molecule has 0 spiro atoms. The van der Waals surface area contributed by atoms with Gasteiger partial charge in [-0.3, -0.25) is 14.9 Å². The molecule has 0 atom stereocenters. The van der Waals surface area contributed by atoms with E-state index < -0.39 is 10.9 Å². The van der Waals surface area contributed by atoms with Crippen LogP contribution in [0.2, 0.25) is 0 Å². The molecule has 0 N–H and O–H groups in total. The summed E-state index contributed by atoms with van der Waals surface area (Å²) in [4.78, 5) is 24.0. The number of nitro groups is 1. The first kappa shape index (κ1) is 16.4. The van der Waals surface area contributed by atoms with Crippen LogP contribution in [0.1, 0.15) is 20.3 Å². The molecule has 0 amide bonds. The van der Waals surface area contributed by atoms with E-state index in [-0.39, 0.29) is 12.2 Å². The van der Waals surface area contributed by atoms with Crippen LogP contribution in [0.5, 0.6) is 0 Å². The lowest BCUT2D eigenvalue weighted by Crippen LogP contribution is -2.32. The standard InChI is InChI=1S/C13H17BrN2O4/c1-3-7-15(9-13(17)20-4-2)11-6-5-10(14)8-12(11)16(18)19/h5-6,8H,3-4,7,9H2,1-2H3. The Balaban J connectivity index is 3.07. The van der Waals surface area contributed by atoms with Gasteiger partial charge in [0.1, 0.15) is 12.2 Å². The van der Waals surface area contributed by atoms with Crippen molar-refractivity contribution in [1.29, 1.82) is 0 Å². The Kier molecular flexibility index (Phi) is 6.44. The third kappa shape index (κ3) is 4.48. The molecule has 0 radical (unpaired) electrons. The maximum Gasteiger partial charge on any atom is 0.325 e. The monoisotopic (exact) mass is 344 g/mol. The first-order chi connectivity index (χ1) is 9.49. The number of nitrogens with zero attached hydrogens (tertiary/aromatic N) is 2. The van der Waals surface area contributed by atoms with Crippen LogP contribution in [0.4, 0.5) is 11.4 Å². The molecule has 0 saturated heterocycles. The molecule has 0 aliphatic heterocycles. The van der Waals surface area contributed by atoms with Crippen LogP contribution >= 0.6 is 15.9 Å². The quantitative estimate of drug-likeness (QED) is 0.431. The Morgan fingerprint density at radius 2 is 2.15 bits per heavy atom. The van der Waals surface area contributed by atoms with Gasteiger partial charge in [0.15, 0.2) is 0 Å². The number of carbonyl (C=O) groups is 1. The van der Waals surface area contributed by atoms with Crippen molar-refractivity contribution in [2.24, 2.45) is 0 Å². The highest BCUT2D eigenvalue weighted by Gasteiger charge is 2.21. The van der Waals surface area contributed by atoms with Gasteiger partial charge in [-0.25, -0.2) is 0 Å². The van der Waals surface area contributed by atoms with E-state index in [4.69, 9.17) is 4.74 Å². The van der Waals surface area contributed by atoms with Crippen LogP contribution in [0.15, 0.2) is 22.7 Å². The third-order valence-electron chi connectivity index (χ3n) is 2.59. The maximum absolute atomic E-state index is 11.6. The van der Waals surface area contributed by atoms with Crippen LogP contribution in [0.3, 0.4) is 0 Å². The lowest BCUT2D eigenvalue weighted by molar-refractivity contribution is -0.384. The molecule has 0 bridgehead atoms. The highest BCUT2D eigenvalue weighted by molar-refractivity contribution is 9.10. The predicted molar refractivity (Wildman–Crippen MR) is 79.9 cm³/mol. The molecule has 0 unspecified atom stereocenters. The van der Waals surface area contributed by atoms with Crippen LogP contribution in [0.25, 0.3) is 0 Å². The van der Waals surface area contributed by atoms with Crippen molar-refractivity contribution >= 4 is 33.3 Å². The molecule has 20 heavy (non-hydrogen) atoms. The fourth-order valence-corrected chi connectivity index (χ4v) is 2.18. The summed E-state index contributed by atoms with van der Waals surface area (Å²) < 4.78 is 5.53. The second kappa shape index (κ2) is 7.84. The van der Waals surface area contributed by atoms with E-state index >= 15 is 0 Å². The van der Waals surface area contributed by atoms with Gasteiger partial charge in [-0.1, -0.05) is 22.9 Å². The molecule has 1 aromatic carbocycles. The highest BCUT2D eigenvalue weighted by Crippen LogP contribution is 2.31. The van der Waals surface area contributed by atoms with Gasteiger partial charge in [0, 0.05) is 17.1 Å². The fraction of sp³-hybridized carbons (Fsp3) is 0.462. The van der Waals surface area contributed by atoms with E-state index in [0.29, 0.717) is 23.3 Å². The van der Waals surface area contributed by atoms with Gasteiger partial charge in [-0.2, -0.15) is 0 Å². The summed E-state index contributed by atoms with van der Waals surface area (Å²) in [7, 11) is 0. The van der Waals surface area contributed by atoms with Crippen molar-refractivity contribution in [3.63, 3.8) is 0 Å². The average Bonchev–Trinajstić information content (AvgIpc) is 2.38. The molecule has 1 aromatic rings. The number of ether oxygens (including phenoxy) is 1. The van der Waals surface area contributed by atoms with Crippen molar-refractivity contribution in [2.75, 3.05) is 24.6 Å². The van der Waals surface area contributed by atoms with Gasteiger partial charge >= 0.3 is 5.97 Å². The number of rotatable bonds is 7. The summed E-state index contributed by atoms with van der Waals surface area (Å²) in [5.41, 5.74) is 0.394. The summed E-state index contributed by atoms with van der Waals surface area (Å²) in [6.45, 7) is 4.51. The number of hydrogen-bond acceptors (Lipinski definition) is 5. The van der Waals surface area contributed by atoms with Crippen molar-refractivity contribution < 1.29 is 14.5 Å². The normalized spacial score (nSPS) is 10.2. The molecular weight excluding hydrogens is 328 g/mol. The number of hydrogen-bond donors (Lipinski definition) is 0. The number of esters is 1. The van der Waals surface area contributed by atoms with Gasteiger partial charge < -0.3 is 9.64 Å². The summed E-state index contributed by atoms with van der Waals surface area (Å²) >= 11 is 3.21. The van der Waals surface area contributed by atoms with Crippen molar-refractivity contribution in [3.05, 3.63) is 32.8 Å². The van der Waals surface area contributed by atoms with Crippen molar-refractivity contribution in [1.82, 2.24) is 0 Å². The summed E-state index contributed by atoms with van der Waals surface area (Å²) in [6.07, 6.45) is 0.770. The zero-order chi connectivity index (χ0) is 15.1. The molecule has 0 aliphatic rings. The van der Waals surface area contributed by atoms with Gasteiger partial charge in [-0.15, -0.1) is 0 Å². The highest BCUT2D eigenvalue weighted by atomic mass is 79.9.